The van der Waals surface area contributed by atoms with Crippen LogP contribution in [0.4, 0.5) is 4.79 Å². The third-order valence-corrected chi connectivity index (χ3v) is 4.05. The van der Waals surface area contributed by atoms with E-state index < -0.39 is 17.7 Å². The third kappa shape index (κ3) is 16.6. The van der Waals surface area contributed by atoms with Crippen LogP contribution in [-0.4, -0.2) is 36.1 Å². The van der Waals surface area contributed by atoms with Gasteiger partial charge < -0.3 is 19.9 Å². The van der Waals surface area contributed by atoms with Crippen LogP contribution in [0.15, 0.2) is 47.3 Å². The molecule has 0 aromatic rings. The summed E-state index contributed by atoms with van der Waals surface area (Å²) < 4.78 is 10.8. The first-order chi connectivity index (χ1) is 13.4. The molecule has 0 aliphatic carbocycles. The van der Waals surface area contributed by atoms with Crippen LogP contribution in [0.25, 0.3) is 0 Å². The molecule has 0 bridgehead atoms. The minimum atomic E-state index is -0.704. The molecule has 166 valence electrons. The summed E-state index contributed by atoms with van der Waals surface area (Å²) in [7, 11) is 0. The number of hydrogen-bond donors (Lipinski definition) is 2. The van der Waals surface area contributed by atoms with E-state index in [1.165, 1.54) is 16.7 Å². The SMILES string of the molecule is C=C(O)C(COC/C=C(\C)CC/C=C(\C)CCC=C(C)C)NC(=O)OC(C)(C)C. The molecule has 0 saturated heterocycles. The molecule has 0 aliphatic heterocycles. The number of alkyl carbamates (subject to hydrolysis) is 1. The Morgan fingerprint density at radius 3 is 2.10 bits per heavy atom. The number of carbonyl (C=O) groups is 1. The topological polar surface area (TPSA) is 67.8 Å². The minimum absolute atomic E-state index is 0.127. The highest BCUT2D eigenvalue weighted by Crippen LogP contribution is 2.11. The van der Waals surface area contributed by atoms with Crippen LogP contribution in [0, 0.1) is 0 Å². The quantitative estimate of drug-likeness (QED) is 0.223. The van der Waals surface area contributed by atoms with E-state index >= 15 is 0 Å². The lowest BCUT2D eigenvalue weighted by molar-refractivity contribution is 0.0452. The average Bonchev–Trinajstić information content (AvgIpc) is 2.55. The molecule has 5 nitrogen and oxygen atoms in total. The Labute approximate surface area is 177 Å². The number of nitrogens with one attached hydrogen (secondary N) is 1. The van der Waals surface area contributed by atoms with Gasteiger partial charge in [-0.05, 0) is 74.1 Å². The zero-order valence-electron chi connectivity index (χ0n) is 19.4. The van der Waals surface area contributed by atoms with E-state index in [-0.39, 0.29) is 12.4 Å². The maximum atomic E-state index is 11.8. The molecule has 0 saturated carbocycles. The molecule has 2 N–H and O–H groups in total. The minimum Gasteiger partial charge on any atom is -0.511 e. The van der Waals surface area contributed by atoms with Gasteiger partial charge in [0.15, 0.2) is 0 Å². The summed E-state index contributed by atoms with van der Waals surface area (Å²) in [5, 5.41) is 12.2. The molecule has 5 heteroatoms. The van der Waals surface area contributed by atoms with Crippen LogP contribution < -0.4 is 5.32 Å². The number of rotatable bonds is 12. The molecule has 0 aromatic heterocycles. The predicted octanol–water partition coefficient (Wildman–Crippen LogP) is 6.39. The van der Waals surface area contributed by atoms with E-state index in [2.05, 4.69) is 51.7 Å². The summed E-state index contributed by atoms with van der Waals surface area (Å²) in [6, 6.07) is -0.704. The van der Waals surface area contributed by atoms with Gasteiger partial charge in [-0.1, -0.05) is 41.5 Å². The van der Waals surface area contributed by atoms with E-state index in [0.717, 1.165) is 25.7 Å². The maximum Gasteiger partial charge on any atom is 0.408 e. The van der Waals surface area contributed by atoms with Crippen molar-refractivity contribution in [2.45, 2.75) is 85.8 Å². The lowest BCUT2D eigenvalue weighted by Gasteiger charge is -2.23. The molecule has 0 spiro atoms. The molecule has 0 aromatic carbocycles. The van der Waals surface area contributed by atoms with E-state index in [4.69, 9.17) is 9.47 Å². The highest BCUT2D eigenvalue weighted by Gasteiger charge is 2.21. The van der Waals surface area contributed by atoms with Gasteiger partial charge in [0, 0.05) is 0 Å². The fourth-order valence-electron chi connectivity index (χ4n) is 2.40. The molecule has 0 radical (unpaired) electrons. The van der Waals surface area contributed by atoms with Crippen molar-refractivity contribution >= 4 is 6.09 Å². The summed E-state index contributed by atoms with van der Waals surface area (Å²) >= 11 is 0. The summed E-state index contributed by atoms with van der Waals surface area (Å²) in [4.78, 5) is 11.8. The molecule has 0 rings (SSSR count). The maximum absolute atomic E-state index is 11.8. The van der Waals surface area contributed by atoms with E-state index in [0.29, 0.717) is 6.61 Å². The van der Waals surface area contributed by atoms with Gasteiger partial charge in [-0.25, -0.2) is 4.79 Å². The number of aliphatic hydroxyl groups is 1. The lowest BCUT2D eigenvalue weighted by atomic mass is 10.1. The van der Waals surface area contributed by atoms with E-state index in [1.807, 2.05) is 6.08 Å². The van der Waals surface area contributed by atoms with E-state index in [1.54, 1.807) is 20.8 Å². The molecule has 1 amide bonds. The molecule has 0 aliphatic rings. The van der Waals surface area contributed by atoms with Crippen LogP contribution in [0.1, 0.15) is 74.1 Å². The van der Waals surface area contributed by atoms with Crippen LogP contribution in [0.5, 0.6) is 0 Å². The van der Waals surface area contributed by atoms with Crippen molar-refractivity contribution in [3.63, 3.8) is 0 Å². The number of aliphatic hydroxyl groups excluding tert-OH is 1. The fourth-order valence-corrected chi connectivity index (χ4v) is 2.40. The molecule has 29 heavy (non-hydrogen) atoms. The normalized spacial score (nSPS) is 13.6. The standard InChI is InChI=1S/C24H41NO4/c1-18(2)11-9-12-19(3)13-10-14-20(4)15-16-28-17-22(21(5)26)25-23(27)29-24(6,7)8/h11,13,15,22,26H,5,9-10,12,14,16-17H2,1-4,6-8H3,(H,25,27)/b19-13+,20-15+. The van der Waals surface area contributed by atoms with Gasteiger partial charge in [-0.2, -0.15) is 0 Å². The van der Waals surface area contributed by atoms with Crippen LogP contribution >= 0.6 is 0 Å². The second-order valence-electron chi connectivity index (χ2n) is 8.69. The van der Waals surface area contributed by atoms with Crippen molar-refractivity contribution in [2.75, 3.05) is 13.2 Å². The Hall–Kier alpha value is -2.01. The van der Waals surface area contributed by atoms with Crippen molar-refractivity contribution in [1.82, 2.24) is 5.32 Å². The Bertz CT molecular complexity index is 605. The van der Waals surface area contributed by atoms with Gasteiger partial charge in [0.1, 0.15) is 17.4 Å². The van der Waals surface area contributed by atoms with Gasteiger partial charge in [0.25, 0.3) is 0 Å². The van der Waals surface area contributed by atoms with Crippen molar-refractivity contribution in [3.8, 4) is 0 Å². The van der Waals surface area contributed by atoms with Crippen LogP contribution in [-0.2, 0) is 9.47 Å². The first-order valence-electron chi connectivity index (χ1n) is 10.3. The Morgan fingerprint density at radius 2 is 1.59 bits per heavy atom. The second kappa shape index (κ2) is 14.0. The van der Waals surface area contributed by atoms with Gasteiger partial charge in [0.2, 0.25) is 0 Å². The molecular formula is C24H41NO4. The van der Waals surface area contributed by atoms with Gasteiger partial charge in [-0.3, -0.25) is 0 Å². The first kappa shape index (κ1) is 27.0. The first-order valence-corrected chi connectivity index (χ1v) is 10.3. The Balaban J connectivity index is 4.25. The zero-order valence-corrected chi connectivity index (χ0v) is 19.4. The van der Waals surface area contributed by atoms with Crippen molar-refractivity contribution in [3.05, 3.63) is 47.3 Å². The van der Waals surface area contributed by atoms with Crippen molar-refractivity contribution in [2.24, 2.45) is 0 Å². The highest BCUT2D eigenvalue weighted by molar-refractivity contribution is 5.68. The average molecular weight is 408 g/mol. The molecular weight excluding hydrogens is 366 g/mol. The number of allylic oxidation sites excluding steroid dienone is 5. The van der Waals surface area contributed by atoms with Gasteiger partial charge >= 0.3 is 6.09 Å². The second-order valence-corrected chi connectivity index (χ2v) is 8.69. The number of amides is 1. The van der Waals surface area contributed by atoms with Crippen LogP contribution in [0.3, 0.4) is 0 Å². The molecule has 1 atom stereocenters. The van der Waals surface area contributed by atoms with Gasteiger partial charge in [0.05, 0.1) is 13.2 Å². The third-order valence-electron chi connectivity index (χ3n) is 4.05. The summed E-state index contributed by atoms with van der Waals surface area (Å²) in [5.41, 5.74) is 3.43. The zero-order chi connectivity index (χ0) is 22.4. The molecule has 0 fully saturated rings. The summed E-state index contributed by atoms with van der Waals surface area (Å²) in [6.45, 7) is 17.9. The van der Waals surface area contributed by atoms with Crippen molar-refractivity contribution in [1.29, 1.82) is 0 Å². The smallest absolute Gasteiger partial charge is 0.408 e. The summed E-state index contributed by atoms with van der Waals surface area (Å²) in [5.74, 6) is -0.162. The predicted molar refractivity (Wildman–Crippen MR) is 121 cm³/mol. The van der Waals surface area contributed by atoms with Crippen molar-refractivity contribution < 1.29 is 19.4 Å². The monoisotopic (exact) mass is 407 g/mol. The Kier molecular flexibility index (Phi) is 13.1. The molecule has 0 heterocycles. The van der Waals surface area contributed by atoms with E-state index in [9.17, 15) is 9.90 Å². The number of hydrogen-bond acceptors (Lipinski definition) is 4. The Morgan fingerprint density at radius 1 is 1.03 bits per heavy atom. The van der Waals surface area contributed by atoms with Crippen LogP contribution in [0.2, 0.25) is 0 Å². The number of carbonyl (C=O) groups excluding carboxylic acids is 1. The highest BCUT2D eigenvalue weighted by atomic mass is 16.6. The number of ether oxygens (including phenoxy) is 2. The largest absolute Gasteiger partial charge is 0.511 e. The lowest BCUT2D eigenvalue weighted by Crippen LogP contribution is -2.42. The fraction of sp³-hybridized carbons (Fsp3) is 0.625. The molecule has 1 unspecified atom stereocenters. The van der Waals surface area contributed by atoms with Gasteiger partial charge in [-0.15, -0.1) is 0 Å². The summed E-state index contributed by atoms with van der Waals surface area (Å²) in [6.07, 6.45) is 10.2.